The van der Waals surface area contributed by atoms with E-state index in [1.165, 1.54) is 26.8 Å². The number of ether oxygens (including phenoxy) is 1. The van der Waals surface area contributed by atoms with E-state index in [2.05, 4.69) is 36.3 Å². The number of aromatic nitrogens is 1. The van der Waals surface area contributed by atoms with E-state index >= 15 is 0 Å². The van der Waals surface area contributed by atoms with Gasteiger partial charge in [0.05, 0.1) is 23.8 Å². The molecular formula is C21H24BrN3O3S2. The van der Waals surface area contributed by atoms with Crippen molar-refractivity contribution in [3.05, 3.63) is 59.0 Å². The zero-order valence-electron chi connectivity index (χ0n) is 16.8. The zero-order valence-corrected chi connectivity index (χ0v) is 20.1. The highest BCUT2D eigenvalue weighted by Gasteiger charge is 2.26. The summed E-state index contributed by atoms with van der Waals surface area (Å²) in [6.07, 6.45) is 0. The topological polar surface area (TPSA) is 71.5 Å². The van der Waals surface area contributed by atoms with Gasteiger partial charge in [0.25, 0.3) is 0 Å². The van der Waals surface area contributed by atoms with Gasteiger partial charge in [-0.2, -0.15) is 4.31 Å². The van der Waals surface area contributed by atoms with Gasteiger partial charge in [-0.05, 0) is 49.2 Å². The second-order valence-corrected chi connectivity index (χ2v) is 9.80. The Labute approximate surface area is 191 Å². The van der Waals surface area contributed by atoms with Crippen LogP contribution in [-0.2, 0) is 14.8 Å². The number of nitrogens with one attached hydrogen (secondary N) is 1. The van der Waals surface area contributed by atoms with Crippen molar-refractivity contribution in [1.82, 2.24) is 9.29 Å². The molecule has 3 aromatic rings. The van der Waals surface area contributed by atoms with Crippen LogP contribution >= 0.6 is 28.3 Å². The molecule has 30 heavy (non-hydrogen) atoms. The van der Waals surface area contributed by atoms with Gasteiger partial charge in [0.2, 0.25) is 10.0 Å². The summed E-state index contributed by atoms with van der Waals surface area (Å²) in [5, 5.41) is 6.10. The Morgan fingerprint density at radius 3 is 2.40 bits per heavy atom. The smallest absolute Gasteiger partial charge is 0.243 e. The number of rotatable bonds is 5. The molecule has 1 N–H and O–H groups in total. The molecule has 0 radical (unpaired) electrons. The lowest BCUT2D eigenvalue weighted by Gasteiger charge is -2.26. The first-order valence-corrected chi connectivity index (χ1v) is 11.7. The molecule has 1 saturated heterocycles. The maximum atomic E-state index is 12.7. The lowest BCUT2D eigenvalue weighted by Crippen LogP contribution is -2.40. The lowest BCUT2D eigenvalue weighted by atomic mass is 10.1. The van der Waals surface area contributed by atoms with Crippen LogP contribution in [0.3, 0.4) is 0 Å². The van der Waals surface area contributed by atoms with Crippen molar-refractivity contribution in [2.75, 3.05) is 31.6 Å². The van der Waals surface area contributed by atoms with Crippen molar-refractivity contribution in [3.8, 4) is 11.3 Å². The summed E-state index contributed by atoms with van der Waals surface area (Å²) < 4.78 is 32.2. The minimum absolute atomic E-state index is 0. The van der Waals surface area contributed by atoms with E-state index < -0.39 is 10.0 Å². The molecule has 1 aliphatic rings. The molecule has 0 bridgehead atoms. The maximum absolute atomic E-state index is 12.7. The molecule has 1 fully saturated rings. The summed E-state index contributed by atoms with van der Waals surface area (Å²) in [5.41, 5.74) is 5.18. The Kier molecular flexibility index (Phi) is 7.30. The molecule has 0 saturated carbocycles. The third-order valence-electron chi connectivity index (χ3n) is 5.02. The summed E-state index contributed by atoms with van der Waals surface area (Å²) >= 11 is 1.52. The van der Waals surface area contributed by atoms with Crippen LogP contribution in [0.5, 0.6) is 0 Å². The summed E-state index contributed by atoms with van der Waals surface area (Å²) in [6.45, 7) is 5.83. The molecule has 0 atom stereocenters. The SMILES string of the molecule is Br.Cc1ccc(Nc2nc(-c3ccc(S(=O)(=O)N4CCOCC4)cc3)cs2)cc1C. The highest BCUT2D eigenvalue weighted by molar-refractivity contribution is 8.93. The van der Waals surface area contributed by atoms with E-state index in [-0.39, 0.29) is 17.0 Å². The summed E-state index contributed by atoms with van der Waals surface area (Å²) in [4.78, 5) is 4.94. The largest absolute Gasteiger partial charge is 0.379 e. The molecule has 0 unspecified atom stereocenters. The van der Waals surface area contributed by atoms with Gasteiger partial charge in [-0.25, -0.2) is 13.4 Å². The van der Waals surface area contributed by atoms with Crippen LogP contribution in [0.1, 0.15) is 11.1 Å². The number of thiazole rings is 1. The number of morpholine rings is 1. The summed E-state index contributed by atoms with van der Waals surface area (Å²) in [6, 6.07) is 13.1. The first kappa shape index (κ1) is 22.9. The normalized spacial score (nSPS) is 14.9. The molecule has 0 amide bonds. The van der Waals surface area contributed by atoms with Crippen molar-refractivity contribution in [2.45, 2.75) is 18.7 Å². The molecular weight excluding hydrogens is 486 g/mol. The fraction of sp³-hybridized carbons (Fsp3) is 0.286. The van der Waals surface area contributed by atoms with Crippen molar-refractivity contribution >= 4 is 49.2 Å². The minimum atomic E-state index is -3.48. The molecule has 4 rings (SSSR count). The Hall–Kier alpha value is -1.78. The lowest BCUT2D eigenvalue weighted by molar-refractivity contribution is 0.0730. The van der Waals surface area contributed by atoms with Gasteiger partial charge in [-0.1, -0.05) is 18.2 Å². The quantitative estimate of drug-likeness (QED) is 0.536. The van der Waals surface area contributed by atoms with E-state index in [1.807, 2.05) is 23.6 Å². The second-order valence-electron chi connectivity index (χ2n) is 7.00. The van der Waals surface area contributed by atoms with Crippen LogP contribution in [0.2, 0.25) is 0 Å². The van der Waals surface area contributed by atoms with Crippen LogP contribution < -0.4 is 5.32 Å². The van der Waals surface area contributed by atoms with Crippen LogP contribution in [-0.4, -0.2) is 44.0 Å². The zero-order chi connectivity index (χ0) is 20.4. The molecule has 0 spiro atoms. The third-order valence-corrected chi connectivity index (χ3v) is 7.69. The van der Waals surface area contributed by atoms with Gasteiger partial charge in [-0.15, -0.1) is 28.3 Å². The Morgan fingerprint density at radius 2 is 1.73 bits per heavy atom. The summed E-state index contributed by atoms with van der Waals surface area (Å²) in [7, 11) is -3.48. The number of anilines is 2. The van der Waals surface area contributed by atoms with Gasteiger partial charge < -0.3 is 10.1 Å². The number of benzene rings is 2. The Morgan fingerprint density at radius 1 is 1.03 bits per heavy atom. The summed E-state index contributed by atoms with van der Waals surface area (Å²) in [5.74, 6) is 0. The molecule has 0 aliphatic carbocycles. The van der Waals surface area contributed by atoms with Gasteiger partial charge in [0, 0.05) is 29.7 Å². The van der Waals surface area contributed by atoms with E-state index in [1.54, 1.807) is 12.1 Å². The van der Waals surface area contributed by atoms with Crippen molar-refractivity contribution in [2.24, 2.45) is 0 Å². The average molecular weight is 510 g/mol. The van der Waals surface area contributed by atoms with Crippen LogP contribution in [0.4, 0.5) is 10.8 Å². The first-order valence-electron chi connectivity index (χ1n) is 9.41. The van der Waals surface area contributed by atoms with Crippen LogP contribution in [0.15, 0.2) is 52.7 Å². The van der Waals surface area contributed by atoms with Crippen molar-refractivity contribution in [3.63, 3.8) is 0 Å². The van der Waals surface area contributed by atoms with Crippen molar-refractivity contribution < 1.29 is 13.2 Å². The molecule has 9 heteroatoms. The highest BCUT2D eigenvalue weighted by atomic mass is 79.9. The number of sulfonamides is 1. The number of aryl methyl sites for hydroxylation is 2. The first-order chi connectivity index (χ1) is 13.9. The monoisotopic (exact) mass is 509 g/mol. The molecule has 1 aromatic heterocycles. The Bertz CT molecular complexity index is 1110. The number of halogens is 1. The molecule has 6 nitrogen and oxygen atoms in total. The predicted octanol–water partition coefficient (Wildman–Crippen LogP) is 4.77. The molecule has 2 aromatic carbocycles. The van der Waals surface area contributed by atoms with Crippen molar-refractivity contribution in [1.29, 1.82) is 0 Å². The van der Waals surface area contributed by atoms with Gasteiger partial charge in [-0.3, -0.25) is 0 Å². The average Bonchev–Trinajstić information content (AvgIpc) is 3.20. The highest BCUT2D eigenvalue weighted by Crippen LogP contribution is 2.29. The molecule has 1 aliphatic heterocycles. The number of hydrogen-bond acceptors (Lipinski definition) is 6. The maximum Gasteiger partial charge on any atom is 0.243 e. The van der Waals surface area contributed by atoms with Gasteiger partial charge in [0.15, 0.2) is 5.13 Å². The van der Waals surface area contributed by atoms with E-state index in [0.29, 0.717) is 31.2 Å². The fourth-order valence-electron chi connectivity index (χ4n) is 3.14. The minimum Gasteiger partial charge on any atom is -0.379 e. The molecule has 2 heterocycles. The number of nitrogens with zero attached hydrogens (tertiary/aromatic N) is 2. The molecule has 160 valence electrons. The Balaban J connectivity index is 0.00000256. The third kappa shape index (κ3) is 4.92. The second kappa shape index (κ2) is 9.57. The predicted molar refractivity (Wildman–Crippen MR) is 127 cm³/mol. The van der Waals surface area contributed by atoms with Crippen LogP contribution in [0, 0.1) is 13.8 Å². The fourth-order valence-corrected chi connectivity index (χ4v) is 5.29. The van der Waals surface area contributed by atoms with E-state index in [0.717, 1.165) is 22.1 Å². The standard InChI is InChI=1S/C21H23N3O3S2.BrH/c1-15-3-6-18(13-16(15)2)22-21-23-20(14-28-21)17-4-7-19(8-5-17)29(25,26)24-9-11-27-12-10-24;/h3-8,13-14H,9-12H2,1-2H3,(H,22,23);1H. The van der Waals surface area contributed by atoms with Gasteiger partial charge >= 0.3 is 0 Å². The number of hydrogen-bond donors (Lipinski definition) is 1. The van der Waals surface area contributed by atoms with Crippen LogP contribution in [0.25, 0.3) is 11.3 Å². The van der Waals surface area contributed by atoms with E-state index in [4.69, 9.17) is 4.74 Å². The van der Waals surface area contributed by atoms with Gasteiger partial charge in [0.1, 0.15) is 0 Å². The van der Waals surface area contributed by atoms with E-state index in [9.17, 15) is 8.42 Å².